The molecular formula is C19H17FN2O2. The minimum Gasteiger partial charge on any atom is -0.496 e. The van der Waals surface area contributed by atoms with Gasteiger partial charge in [0.15, 0.2) is 0 Å². The number of methoxy groups -OCH3 is 1. The van der Waals surface area contributed by atoms with E-state index in [-0.39, 0.29) is 11.7 Å². The SMILES string of the molecule is CCc1ccc(OC)c(/C=C2/N=C(c3ccc(F)cc3)NC2=O)c1. The van der Waals surface area contributed by atoms with Crippen molar-refractivity contribution in [1.82, 2.24) is 5.32 Å². The molecule has 0 aliphatic carbocycles. The number of halogens is 1. The molecule has 3 rings (SSSR count). The standard InChI is InChI=1S/C19H17FN2O2/c1-3-12-4-9-17(24-2)14(10-12)11-16-19(23)22-18(21-16)13-5-7-15(20)8-6-13/h4-11H,3H2,1-2H3,(H,21,22,23)/b16-11+. The van der Waals surface area contributed by atoms with Crippen LogP contribution >= 0.6 is 0 Å². The second-order valence-electron chi connectivity index (χ2n) is 5.38. The van der Waals surface area contributed by atoms with Crippen LogP contribution in [0, 0.1) is 5.82 Å². The molecule has 24 heavy (non-hydrogen) atoms. The molecule has 0 unspecified atom stereocenters. The molecule has 5 heteroatoms. The number of aryl methyl sites for hydroxylation is 1. The molecule has 1 aliphatic heterocycles. The van der Waals surface area contributed by atoms with E-state index >= 15 is 0 Å². The lowest BCUT2D eigenvalue weighted by molar-refractivity contribution is -0.115. The van der Waals surface area contributed by atoms with Gasteiger partial charge >= 0.3 is 0 Å². The van der Waals surface area contributed by atoms with E-state index in [0.717, 1.165) is 17.5 Å². The summed E-state index contributed by atoms with van der Waals surface area (Å²) in [5.74, 6) is 0.466. The van der Waals surface area contributed by atoms with Crippen molar-refractivity contribution >= 4 is 17.8 Å². The summed E-state index contributed by atoms with van der Waals surface area (Å²) in [6, 6.07) is 11.7. The van der Waals surface area contributed by atoms with Gasteiger partial charge in [-0.1, -0.05) is 13.0 Å². The van der Waals surface area contributed by atoms with Crippen molar-refractivity contribution in [3.63, 3.8) is 0 Å². The number of benzene rings is 2. The molecule has 1 N–H and O–H groups in total. The lowest BCUT2D eigenvalue weighted by Gasteiger charge is -2.07. The van der Waals surface area contributed by atoms with Crippen molar-refractivity contribution in [2.75, 3.05) is 7.11 Å². The quantitative estimate of drug-likeness (QED) is 0.877. The summed E-state index contributed by atoms with van der Waals surface area (Å²) in [7, 11) is 1.59. The predicted molar refractivity (Wildman–Crippen MR) is 91.4 cm³/mol. The van der Waals surface area contributed by atoms with Crippen LogP contribution in [0.2, 0.25) is 0 Å². The van der Waals surface area contributed by atoms with E-state index in [9.17, 15) is 9.18 Å². The molecule has 1 heterocycles. The van der Waals surface area contributed by atoms with Crippen LogP contribution in [0.4, 0.5) is 4.39 Å². The summed E-state index contributed by atoms with van der Waals surface area (Å²) < 4.78 is 18.4. The van der Waals surface area contributed by atoms with Gasteiger partial charge < -0.3 is 10.1 Å². The van der Waals surface area contributed by atoms with Crippen LogP contribution < -0.4 is 10.1 Å². The number of hydrogen-bond donors (Lipinski definition) is 1. The Morgan fingerprint density at radius 3 is 2.62 bits per heavy atom. The van der Waals surface area contributed by atoms with Gasteiger partial charge in [-0.3, -0.25) is 4.79 Å². The van der Waals surface area contributed by atoms with Gasteiger partial charge in [-0.2, -0.15) is 0 Å². The van der Waals surface area contributed by atoms with E-state index < -0.39 is 0 Å². The van der Waals surface area contributed by atoms with Crippen LogP contribution in [-0.4, -0.2) is 18.9 Å². The molecule has 0 fully saturated rings. The average Bonchev–Trinajstić information content (AvgIpc) is 2.96. The van der Waals surface area contributed by atoms with Crippen molar-refractivity contribution in [3.05, 3.63) is 70.7 Å². The zero-order valence-corrected chi connectivity index (χ0v) is 13.5. The number of nitrogens with one attached hydrogen (secondary N) is 1. The minimum absolute atomic E-state index is 0.292. The van der Waals surface area contributed by atoms with Crippen molar-refractivity contribution in [1.29, 1.82) is 0 Å². The molecule has 0 atom stereocenters. The molecule has 0 radical (unpaired) electrons. The monoisotopic (exact) mass is 324 g/mol. The molecule has 4 nitrogen and oxygen atoms in total. The Morgan fingerprint density at radius 2 is 1.96 bits per heavy atom. The second kappa shape index (κ2) is 6.66. The van der Waals surface area contributed by atoms with E-state index in [1.807, 2.05) is 18.2 Å². The highest BCUT2D eigenvalue weighted by atomic mass is 19.1. The molecule has 122 valence electrons. The topological polar surface area (TPSA) is 50.7 Å². The van der Waals surface area contributed by atoms with Crippen molar-refractivity contribution < 1.29 is 13.9 Å². The number of aliphatic imine (C=N–C) groups is 1. The highest BCUT2D eigenvalue weighted by Gasteiger charge is 2.21. The zero-order valence-electron chi connectivity index (χ0n) is 13.5. The maximum Gasteiger partial charge on any atom is 0.275 e. The summed E-state index contributed by atoms with van der Waals surface area (Å²) in [5.41, 5.74) is 2.89. The van der Waals surface area contributed by atoms with Crippen LogP contribution in [0.3, 0.4) is 0 Å². The first kappa shape index (κ1) is 15.9. The van der Waals surface area contributed by atoms with E-state index in [0.29, 0.717) is 22.8 Å². The van der Waals surface area contributed by atoms with Gasteiger partial charge in [-0.15, -0.1) is 0 Å². The molecule has 0 aromatic heterocycles. The fourth-order valence-electron chi connectivity index (χ4n) is 2.48. The van der Waals surface area contributed by atoms with Gasteiger partial charge in [-0.05, 0) is 54.5 Å². The average molecular weight is 324 g/mol. The summed E-state index contributed by atoms with van der Waals surface area (Å²) in [4.78, 5) is 16.5. The molecule has 0 bridgehead atoms. The maximum absolute atomic E-state index is 13.0. The summed E-state index contributed by atoms with van der Waals surface area (Å²) in [6.45, 7) is 2.06. The largest absolute Gasteiger partial charge is 0.496 e. The molecule has 2 aromatic rings. The highest BCUT2D eigenvalue weighted by molar-refractivity contribution is 6.19. The lowest BCUT2D eigenvalue weighted by atomic mass is 10.1. The van der Waals surface area contributed by atoms with E-state index in [2.05, 4.69) is 17.2 Å². The first-order chi connectivity index (χ1) is 11.6. The molecule has 1 amide bonds. The number of carbonyl (C=O) groups excluding carboxylic acids is 1. The first-order valence-electron chi connectivity index (χ1n) is 7.65. The van der Waals surface area contributed by atoms with E-state index in [1.165, 1.54) is 12.1 Å². The number of amides is 1. The van der Waals surface area contributed by atoms with Crippen molar-refractivity contribution in [2.45, 2.75) is 13.3 Å². The van der Waals surface area contributed by atoms with Crippen molar-refractivity contribution in [2.24, 2.45) is 4.99 Å². The van der Waals surface area contributed by atoms with Crippen LogP contribution in [0.1, 0.15) is 23.6 Å². The lowest BCUT2D eigenvalue weighted by Crippen LogP contribution is -2.24. The van der Waals surface area contributed by atoms with Crippen LogP contribution in [0.5, 0.6) is 5.75 Å². The van der Waals surface area contributed by atoms with Crippen molar-refractivity contribution in [3.8, 4) is 5.75 Å². The van der Waals surface area contributed by atoms with Crippen LogP contribution in [0.25, 0.3) is 6.08 Å². The van der Waals surface area contributed by atoms with Crippen LogP contribution in [0.15, 0.2) is 53.2 Å². The minimum atomic E-state index is -0.333. The number of amidine groups is 1. The number of rotatable bonds is 4. The molecule has 0 saturated carbocycles. The van der Waals surface area contributed by atoms with Gasteiger partial charge in [0.2, 0.25) is 0 Å². The maximum atomic E-state index is 13.0. The third kappa shape index (κ3) is 3.20. The third-order valence-electron chi connectivity index (χ3n) is 3.81. The Bertz CT molecular complexity index is 839. The van der Waals surface area contributed by atoms with Gasteiger partial charge in [0, 0.05) is 11.1 Å². The van der Waals surface area contributed by atoms with E-state index in [4.69, 9.17) is 4.74 Å². The van der Waals surface area contributed by atoms with Gasteiger partial charge in [0.25, 0.3) is 5.91 Å². The van der Waals surface area contributed by atoms with Gasteiger partial charge in [-0.25, -0.2) is 9.38 Å². The van der Waals surface area contributed by atoms with Gasteiger partial charge in [0.1, 0.15) is 23.1 Å². The van der Waals surface area contributed by atoms with Gasteiger partial charge in [0.05, 0.1) is 7.11 Å². The third-order valence-corrected chi connectivity index (χ3v) is 3.81. The Kier molecular flexibility index (Phi) is 4.42. The summed E-state index contributed by atoms with van der Waals surface area (Å²) in [5, 5.41) is 2.71. The Labute approximate surface area is 139 Å². The molecule has 1 aliphatic rings. The number of hydrogen-bond acceptors (Lipinski definition) is 3. The molecule has 0 spiro atoms. The molecular weight excluding hydrogens is 307 g/mol. The molecule has 2 aromatic carbocycles. The number of carbonyl (C=O) groups is 1. The normalized spacial score (nSPS) is 15.4. The summed E-state index contributed by atoms with van der Waals surface area (Å²) in [6.07, 6.45) is 2.58. The van der Waals surface area contributed by atoms with E-state index in [1.54, 1.807) is 25.3 Å². The predicted octanol–water partition coefficient (Wildman–Crippen LogP) is 3.31. The first-order valence-corrected chi connectivity index (χ1v) is 7.65. The fraction of sp³-hybridized carbons (Fsp3) is 0.158. The number of nitrogens with zero attached hydrogens (tertiary/aromatic N) is 1. The highest BCUT2D eigenvalue weighted by Crippen LogP contribution is 2.24. The fourth-order valence-corrected chi connectivity index (χ4v) is 2.48. The number of ether oxygens (including phenoxy) is 1. The molecule has 0 saturated heterocycles. The Morgan fingerprint density at radius 1 is 1.21 bits per heavy atom. The van der Waals surface area contributed by atoms with Crippen LogP contribution in [-0.2, 0) is 11.2 Å². The Hall–Kier alpha value is -2.95. The smallest absolute Gasteiger partial charge is 0.275 e. The second-order valence-corrected chi connectivity index (χ2v) is 5.38. The zero-order chi connectivity index (χ0) is 17.1. The summed E-state index contributed by atoms with van der Waals surface area (Å²) >= 11 is 0. The Balaban J connectivity index is 1.98.